The number of nitrogens with zero attached hydrogens (tertiary/aromatic N) is 7. The molecule has 2 aliphatic rings. The van der Waals surface area contributed by atoms with Crippen molar-refractivity contribution < 1.29 is 22.4 Å². The second-order valence-electron chi connectivity index (χ2n) is 9.21. The first kappa shape index (κ1) is 22.5. The molecule has 36 heavy (non-hydrogen) atoms. The number of aryl methyl sites for hydroxylation is 1. The zero-order chi connectivity index (χ0) is 25.1. The molecule has 186 valence electrons. The van der Waals surface area contributed by atoms with E-state index in [4.69, 9.17) is 4.42 Å². The van der Waals surface area contributed by atoms with Crippen molar-refractivity contribution in [2.24, 2.45) is 0 Å². The molecular weight excluding hydrogens is 475 g/mol. The molecule has 3 aromatic heterocycles. The number of anilines is 1. The van der Waals surface area contributed by atoms with E-state index in [9.17, 15) is 18.0 Å². The molecule has 0 bridgehead atoms. The lowest BCUT2D eigenvalue weighted by Crippen LogP contribution is -2.48. The highest BCUT2D eigenvalue weighted by atomic mass is 19.4. The molecule has 0 radical (unpaired) electrons. The molecule has 6 rings (SSSR count). The third-order valence-corrected chi connectivity index (χ3v) is 6.83. The molecule has 0 spiro atoms. The summed E-state index contributed by atoms with van der Waals surface area (Å²) in [7, 11) is 0. The van der Waals surface area contributed by atoms with Gasteiger partial charge in [-0.3, -0.25) is 4.79 Å². The van der Waals surface area contributed by atoms with Crippen LogP contribution in [0, 0.1) is 6.92 Å². The van der Waals surface area contributed by atoms with E-state index in [2.05, 4.69) is 20.3 Å². The van der Waals surface area contributed by atoms with Gasteiger partial charge < -0.3 is 14.2 Å². The largest absolute Gasteiger partial charge is 0.422 e. The van der Waals surface area contributed by atoms with Crippen LogP contribution in [0.4, 0.5) is 19.2 Å². The van der Waals surface area contributed by atoms with Gasteiger partial charge in [0.25, 0.3) is 11.9 Å². The third-order valence-electron chi connectivity index (χ3n) is 6.83. The summed E-state index contributed by atoms with van der Waals surface area (Å²) in [5.74, 6) is -0.117. The van der Waals surface area contributed by atoms with Crippen LogP contribution in [0.2, 0.25) is 0 Å². The number of oxazole rings is 1. The van der Waals surface area contributed by atoms with Gasteiger partial charge in [0, 0.05) is 43.0 Å². The SMILES string of the molecule is Cc1ccc2oc(N3CCN(C(=O)c4ccc(-c5cn(C6(C(F)(F)F)CC6)nn5)cc4)CC3)nc2n1. The van der Waals surface area contributed by atoms with Gasteiger partial charge in [-0.15, -0.1) is 5.10 Å². The molecule has 4 heterocycles. The summed E-state index contributed by atoms with van der Waals surface area (Å²) in [6, 6.07) is 10.9. The summed E-state index contributed by atoms with van der Waals surface area (Å²) in [6.07, 6.45) is -3.04. The van der Waals surface area contributed by atoms with E-state index in [0.717, 1.165) is 10.4 Å². The molecule has 0 atom stereocenters. The van der Waals surface area contributed by atoms with Crippen LogP contribution in [0.1, 0.15) is 28.9 Å². The zero-order valence-electron chi connectivity index (χ0n) is 19.4. The lowest BCUT2D eigenvalue weighted by atomic mass is 10.1. The van der Waals surface area contributed by atoms with Gasteiger partial charge in [0.2, 0.25) is 5.65 Å². The van der Waals surface area contributed by atoms with E-state index in [1.54, 1.807) is 29.2 Å². The standard InChI is InChI=1S/C24H22F3N7O2/c1-15-2-7-19-20(28-15)29-22(36-19)33-12-10-32(11-13-33)21(35)17-5-3-16(4-6-17)18-14-34(31-30-18)23(8-9-23)24(25,26)27/h2-7,14H,8-13H2,1H3. The van der Waals surface area contributed by atoms with Gasteiger partial charge >= 0.3 is 6.18 Å². The summed E-state index contributed by atoms with van der Waals surface area (Å²) in [6.45, 7) is 4.03. The Morgan fingerprint density at radius 3 is 2.39 bits per heavy atom. The third kappa shape index (κ3) is 3.76. The van der Waals surface area contributed by atoms with Gasteiger partial charge in [0.15, 0.2) is 11.1 Å². The number of carbonyl (C=O) groups excluding carboxylic acids is 1. The van der Waals surface area contributed by atoms with Crippen LogP contribution in [-0.2, 0) is 5.54 Å². The summed E-state index contributed by atoms with van der Waals surface area (Å²) in [4.78, 5) is 25.6. The van der Waals surface area contributed by atoms with E-state index in [1.807, 2.05) is 24.0 Å². The van der Waals surface area contributed by atoms with Crippen LogP contribution in [0.5, 0.6) is 0 Å². The summed E-state index contributed by atoms with van der Waals surface area (Å²) < 4.78 is 46.8. The number of pyridine rings is 1. The van der Waals surface area contributed by atoms with Crippen molar-refractivity contribution in [2.45, 2.75) is 31.5 Å². The number of fused-ring (bicyclic) bond motifs is 1. The lowest BCUT2D eigenvalue weighted by molar-refractivity contribution is -0.182. The number of hydrogen-bond donors (Lipinski definition) is 0. The Kier molecular flexibility index (Phi) is 5.02. The molecule has 1 aliphatic carbocycles. The minimum absolute atomic E-state index is 0.00295. The highest BCUT2D eigenvalue weighted by Crippen LogP contribution is 2.55. The Morgan fingerprint density at radius 1 is 1.00 bits per heavy atom. The van der Waals surface area contributed by atoms with Crippen molar-refractivity contribution >= 4 is 23.2 Å². The van der Waals surface area contributed by atoms with Crippen LogP contribution >= 0.6 is 0 Å². The topological polar surface area (TPSA) is 93.2 Å². The molecule has 2 fully saturated rings. The van der Waals surface area contributed by atoms with Crippen LogP contribution in [0.3, 0.4) is 0 Å². The Bertz CT molecular complexity index is 1430. The van der Waals surface area contributed by atoms with E-state index in [-0.39, 0.29) is 18.7 Å². The van der Waals surface area contributed by atoms with Gasteiger partial charge in [-0.25, -0.2) is 9.67 Å². The van der Waals surface area contributed by atoms with Gasteiger partial charge in [-0.05, 0) is 44.0 Å². The first-order valence-electron chi connectivity index (χ1n) is 11.6. The first-order valence-corrected chi connectivity index (χ1v) is 11.6. The van der Waals surface area contributed by atoms with E-state index < -0.39 is 11.7 Å². The number of halogens is 3. The van der Waals surface area contributed by atoms with Crippen LogP contribution < -0.4 is 4.90 Å². The highest BCUT2D eigenvalue weighted by Gasteiger charge is 2.66. The zero-order valence-corrected chi connectivity index (χ0v) is 19.4. The fourth-order valence-electron chi connectivity index (χ4n) is 4.47. The van der Waals surface area contributed by atoms with Crippen molar-refractivity contribution in [2.75, 3.05) is 31.1 Å². The second-order valence-corrected chi connectivity index (χ2v) is 9.21. The van der Waals surface area contributed by atoms with Gasteiger partial charge in [-0.2, -0.15) is 18.2 Å². The number of hydrogen-bond acceptors (Lipinski definition) is 7. The quantitative estimate of drug-likeness (QED) is 0.423. The number of aromatic nitrogens is 5. The van der Waals surface area contributed by atoms with Crippen molar-refractivity contribution in [3.05, 3.63) is 53.9 Å². The van der Waals surface area contributed by atoms with Gasteiger partial charge in [-0.1, -0.05) is 17.3 Å². The number of amides is 1. The summed E-state index contributed by atoms with van der Waals surface area (Å²) in [5, 5.41) is 7.65. The predicted octanol–water partition coefficient (Wildman–Crippen LogP) is 3.80. The molecule has 12 heteroatoms. The lowest BCUT2D eigenvalue weighted by Gasteiger charge is -2.33. The average Bonchev–Trinajstić information content (AvgIpc) is 3.37. The van der Waals surface area contributed by atoms with Crippen molar-refractivity contribution in [1.82, 2.24) is 29.9 Å². The molecule has 0 N–H and O–H groups in total. The normalized spacial score (nSPS) is 17.6. The Balaban J connectivity index is 1.11. The molecule has 1 amide bonds. The Labute approximate surface area is 203 Å². The maximum atomic E-state index is 13.4. The molecule has 1 saturated carbocycles. The van der Waals surface area contributed by atoms with Crippen molar-refractivity contribution in [3.8, 4) is 11.3 Å². The average molecular weight is 497 g/mol. The molecule has 1 aliphatic heterocycles. The number of carbonyl (C=O) groups is 1. The smallest absolute Gasteiger partial charge is 0.413 e. The van der Waals surface area contributed by atoms with Gasteiger partial charge in [0.05, 0.1) is 6.20 Å². The highest BCUT2D eigenvalue weighted by molar-refractivity contribution is 5.94. The van der Waals surface area contributed by atoms with Crippen LogP contribution in [-0.4, -0.2) is 68.1 Å². The fraction of sp³-hybridized carbons (Fsp3) is 0.375. The maximum Gasteiger partial charge on any atom is 0.413 e. The number of alkyl halides is 3. The first-order chi connectivity index (χ1) is 17.2. The van der Waals surface area contributed by atoms with E-state index in [1.165, 1.54) is 6.20 Å². The summed E-state index contributed by atoms with van der Waals surface area (Å²) in [5.41, 5.74) is 1.54. The van der Waals surface area contributed by atoms with Crippen molar-refractivity contribution in [3.63, 3.8) is 0 Å². The fourth-order valence-corrected chi connectivity index (χ4v) is 4.47. The Hall–Kier alpha value is -3.96. The molecule has 0 unspecified atom stereocenters. The summed E-state index contributed by atoms with van der Waals surface area (Å²) >= 11 is 0. The number of benzene rings is 1. The number of piperazine rings is 1. The molecule has 4 aromatic rings. The minimum Gasteiger partial charge on any atom is -0.422 e. The van der Waals surface area contributed by atoms with Crippen molar-refractivity contribution in [1.29, 1.82) is 0 Å². The van der Waals surface area contributed by atoms with Crippen LogP contribution in [0.15, 0.2) is 47.0 Å². The monoisotopic (exact) mass is 497 g/mol. The van der Waals surface area contributed by atoms with E-state index >= 15 is 0 Å². The molecule has 9 nitrogen and oxygen atoms in total. The predicted molar refractivity (Wildman–Crippen MR) is 123 cm³/mol. The minimum atomic E-state index is -4.37. The molecule has 1 saturated heterocycles. The van der Waals surface area contributed by atoms with E-state index in [0.29, 0.717) is 60.2 Å². The molecular formula is C24H22F3N7O2. The van der Waals surface area contributed by atoms with Crippen LogP contribution in [0.25, 0.3) is 22.5 Å². The number of rotatable bonds is 4. The Morgan fingerprint density at radius 2 is 1.72 bits per heavy atom. The van der Waals surface area contributed by atoms with Gasteiger partial charge in [0.1, 0.15) is 5.69 Å². The maximum absolute atomic E-state index is 13.4. The second kappa shape index (κ2) is 8.04. The molecule has 1 aromatic carbocycles.